The Balaban J connectivity index is 1.41. The predicted molar refractivity (Wildman–Crippen MR) is 145 cm³/mol. The van der Waals surface area contributed by atoms with Crippen molar-refractivity contribution in [1.82, 2.24) is 9.71 Å². The summed E-state index contributed by atoms with van der Waals surface area (Å²) in [6.07, 6.45) is 1.65. The van der Waals surface area contributed by atoms with Gasteiger partial charge in [0.05, 0.1) is 11.5 Å². The molecule has 0 fully saturated rings. The van der Waals surface area contributed by atoms with Crippen molar-refractivity contribution >= 4 is 38.5 Å². The van der Waals surface area contributed by atoms with Gasteiger partial charge in [0, 0.05) is 34.8 Å². The molecule has 0 bridgehead atoms. The van der Waals surface area contributed by atoms with E-state index in [9.17, 15) is 23.1 Å². The third-order valence-corrected chi connectivity index (χ3v) is 7.30. The van der Waals surface area contributed by atoms with Gasteiger partial charge < -0.3 is 20.1 Å². The molecule has 9 nitrogen and oxygen atoms in total. The molecule has 0 saturated heterocycles. The number of carboxylic acids is 1. The van der Waals surface area contributed by atoms with Gasteiger partial charge in [0.1, 0.15) is 11.8 Å². The Hall–Kier alpha value is -4.15. The number of rotatable bonds is 11. The molecule has 4 rings (SSSR count). The summed E-state index contributed by atoms with van der Waals surface area (Å²) < 4.78 is 33.8. The molecule has 1 atom stereocenters. The number of aliphatic carboxylic acids is 1. The Bertz CT molecular complexity index is 1530. The molecule has 4 N–H and O–H groups in total. The van der Waals surface area contributed by atoms with Crippen LogP contribution >= 0.6 is 0 Å². The van der Waals surface area contributed by atoms with Gasteiger partial charge in [0.15, 0.2) is 0 Å². The van der Waals surface area contributed by atoms with Gasteiger partial charge in [-0.1, -0.05) is 32.0 Å². The number of anilines is 1. The largest absolute Gasteiger partial charge is 0.493 e. The highest BCUT2D eigenvalue weighted by Gasteiger charge is 2.26. The van der Waals surface area contributed by atoms with Gasteiger partial charge in [-0.3, -0.25) is 9.59 Å². The van der Waals surface area contributed by atoms with Crippen LogP contribution in [0.2, 0.25) is 0 Å². The van der Waals surface area contributed by atoms with Gasteiger partial charge in [-0.25, -0.2) is 8.42 Å². The number of aromatic nitrogens is 1. The fourth-order valence-electron chi connectivity index (χ4n) is 3.84. The van der Waals surface area contributed by atoms with Crippen LogP contribution in [0.5, 0.6) is 5.75 Å². The van der Waals surface area contributed by atoms with Crippen molar-refractivity contribution in [3.8, 4) is 5.75 Å². The summed E-state index contributed by atoms with van der Waals surface area (Å²) in [6, 6.07) is 18.3. The molecular formula is C28H29N3O6S. The van der Waals surface area contributed by atoms with Crippen LogP contribution in [0.25, 0.3) is 10.9 Å². The van der Waals surface area contributed by atoms with Crippen molar-refractivity contribution in [3.05, 3.63) is 90.1 Å². The van der Waals surface area contributed by atoms with E-state index in [1.807, 2.05) is 38.1 Å². The maximum absolute atomic E-state index is 12.9. The van der Waals surface area contributed by atoms with Crippen molar-refractivity contribution in [1.29, 1.82) is 0 Å². The van der Waals surface area contributed by atoms with E-state index in [4.69, 9.17) is 4.74 Å². The number of hydrogen-bond acceptors (Lipinski definition) is 5. The standard InChI is InChI=1S/C28H29N3O6S/c1-18(2)17-37-22-11-7-19(8-12-22)27(32)30-21-9-13-23(14-10-21)38(35,36)31-26(28(33)34)15-20-16-29-25-6-4-3-5-24(20)25/h3-14,16,18,26,29,31H,15,17H2,1-2H3,(H,30,32)(H,33,34)/t26-/m1/s1. The maximum atomic E-state index is 12.9. The molecule has 10 heteroatoms. The van der Waals surface area contributed by atoms with Gasteiger partial charge in [-0.2, -0.15) is 4.72 Å². The summed E-state index contributed by atoms with van der Waals surface area (Å²) in [5, 5.41) is 13.2. The second-order valence-electron chi connectivity index (χ2n) is 9.28. The number of sulfonamides is 1. The van der Waals surface area contributed by atoms with Crippen LogP contribution in [0.3, 0.4) is 0 Å². The van der Waals surface area contributed by atoms with E-state index in [1.54, 1.807) is 30.5 Å². The minimum atomic E-state index is -4.14. The van der Waals surface area contributed by atoms with Gasteiger partial charge in [0.2, 0.25) is 10.0 Å². The Morgan fingerprint density at radius 3 is 2.32 bits per heavy atom. The first-order valence-corrected chi connectivity index (χ1v) is 13.5. The molecule has 1 amide bonds. The molecule has 0 aliphatic heterocycles. The third kappa shape index (κ3) is 6.58. The number of carbonyl (C=O) groups excluding carboxylic acids is 1. The SMILES string of the molecule is CC(C)COc1ccc(C(=O)Nc2ccc(S(=O)(=O)N[C@H](Cc3c[nH]c4ccccc34)C(=O)O)cc2)cc1. The summed E-state index contributed by atoms with van der Waals surface area (Å²) in [5.41, 5.74) is 2.33. The second kappa shape index (κ2) is 11.5. The molecule has 4 aromatic rings. The molecule has 198 valence electrons. The second-order valence-corrected chi connectivity index (χ2v) is 11.0. The highest BCUT2D eigenvalue weighted by atomic mass is 32.2. The van der Waals surface area contributed by atoms with E-state index >= 15 is 0 Å². The quantitative estimate of drug-likeness (QED) is 0.224. The minimum Gasteiger partial charge on any atom is -0.493 e. The Kier molecular flexibility index (Phi) is 8.13. The normalized spacial score (nSPS) is 12.4. The Labute approximate surface area is 220 Å². The zero-order valence-electron chi connectivity index (χ0n) is 21.0. The fourth-order valence-corrected chi connectivity index (χ4v) is 5.03. The van der Waals surface area contributed by atoms with Crippen molar-refractivity contribution in [2.45, 2.75) is 31.2 Å². The van der Waals surface area contributed by atoms with Crippen molar-refractivity contribution < 1.29 is 27.9 Å². The number of para-hydroxylation sites is 1. The van der Waals surface area contributed by atoms with Crippen LogP contribution in [0.1, 0.15) is 29.8 Å². The molecule has 0 spiro atoms. The summed E-state index contributed by atoms with van der Waals surface area (Å²) in [6.45, 7) is 4.67. The van der Waals surface area contributed by atoms with Crippen LogP contribution in [0.4, 0.5) is 5.69 Å². The average Bonchev–Trinajstić information content (AvgIpc) is 3.30. The highest BCUT2D eigenvalue weighted by Crippen LogP contribution is 2.21. The predicted octanol–water partition coefficient (Wildman–Crippen LogP) is 4.43. The number of fused-ring (bicyclic) bond motifs is 1. The number of carboxylic acid groups (broad SMARTS) is 1. The van der Waals surface area contributed by atoms with E-state index in [1.165, 1.54) is 24.3 Å². The van der Waals surface area contributed by atoms with E-state index in [0.717, 1.165) is 10.9 Å². The number of ether oxygens (including phenoxy) is 1. The Morgan fingerprint density at radius 1 is 0.974 bits per heavy atom. The summed E-state index contributed by atoms with van der Waals surface area (Å²) >= 11 is 0. The number of nitrogens with one attached hydrogen (secondary N) is 3. The number of amides is 1. The smallest absolute Gasteiger partial charge is 0.322 e. The van der Waals surface area contributed by atoms with Crippen molar-refractivity contribution in [2.75, 3.05) is 11.9 Å². The lowest BCUT2D eigenvalue weighted by atomic mass is 10.1. The molecule has 1 heterocycles. The number of hydrogen-bond donors (Lipinski definition) is 4. The molecule has 0 saturated carbocycles. The number of aromatic amines is 1. The molecule has 1 aromatic heterocycles. The third-order valence-electron chi connectivity index (χ3n) is 5.82. The lowest BCUT2D eigenvalue weighted by molar-refractivity contribution is -0.138. The maximum Gasteiger partial charge on any atom is 0.322 e. The monoisotopic (exact) mass is 535 g/mol. The lowest BCUT2D eigenvalue weighted by Gasteiger charge is -2.15. The summed E-state index contributed by atoms with van der Waals surface area (Å²) in [7, 11) is -4.14. The van der Waals surface area contributed by atoms with Crippen LogP contribution in [0, 0.1) is 5.92 Å². The van der Waals surface area contributed by atoms with E-state index in [-0.39, 0.29) is 17.2 Å². The van der Waals surface area contributed by atoms with E-state index in [2.05, 4.69) is 15.0 Å². The molecule has 0 unspecified atom stereocenters. The first-order chi connectivity index (χ1) is 18.1. The van der Waals surface area contributed by atoms with Crippen LogP contribution in [0.15, 0.2) is 83.9 Å². The summed E-state index contributed by atoms with van der Waals surface area (Å²) in [4.78, 5) is 27.4. The molecule has 0 aliphatic carbocycles. The van der Waals surface area contributed by atoms with Crippen molar-refractivity contribution in [2.24, 2.45) is 5.92 Å². The van der Waals surface area contributed by atoms with Crippen molar-refractivity contribution in [3.63, 3.8) is 0 Å². The molecule has 3 aromatic carbocycles. The zero-order valence-corrected chi connectivity index (χ0v) is 21.8. The van der Waals surface area contributed by atoms with Crippen LogP contribution < -0.4 is 14.8 Å². The summed E-state index contributed by atoms with van der Waals surface area (Å²) in [5.74, 6) is -0.599. The van der Waals surface area contributed by atoms with E-state index in [0.29, 0.717) is 35.1 Å². The number of benzene rings is 3. The van der Waals surface area contributed by atoms with Crippen LogP contribution in [-0.4, -0.2) is 43.0 Å². The van der Waals surface area contributed by atoms with Gasteiger partial charge in [-0.05, 0) is 66.1 Å². The lowest BCUT2D eigenvalue weighted by Crippen LogP contribution is -2.42. The van der Waals surface area contributed by atoms with Gasteiger partial charge in [0.25, 0.3) is 5.91 Å². The van der Waals surface area contributed by atoms with Gasteiger partial charge >= 0.3 is 5.97 Å². The van der Waals surface area contributed by atoms with E-state index < -0.39 is 22.0 Å². The molecule has 0 aliphatic rings. The topological polar surface area (TPSA) is 138 Å². The number of carbonyl (C=O) groups is 2. The first-order valence-electron chi connectivity index (χ1n) is 12.1. The molecule has 0 radical (unpaired) electrons. The highest BCUT2D eigenvalue weighted by molar-refractivity contribution is 7.89. The number of H-pyrrole nitrogens is 1. The van der Waals surface area contributed by atoms with Gasteiger partial charge in [-0.15, -0.1) is 0 Å². The van der Waals surface area contributed by atoms with Crippen LogP contribution in [-0.2, 0) is 21.2 Å². The first kappa shape index (κ1) is 26.9. The minimum absolute atomic E-state index is 0.0337. The Morgan fingerprint density at radius 2 is 1.66 bits per heavy atom. The molecule has 38 heavy (non-hydrogen) atoms. The average molecular weight is 536 g/mol. The molecular weight excluding hydrogens is 506 g/mol. The fraction of sp³-hybridized carbons (Fsp3) is 0.214. The zero-order chi connectivity index (χ0) is 27.3.